The molecule has 6 rings (SSSR count). The van der Waals surface area contributed by atoms with Gasteiger partial charge < -0.3 is 4.90 Å². The topological polar surface area (TPSA) is 75.5 Å². The van der Waals surface area contributed by atoms with Crippen molar-refractivity contribution in [1.82, 2.24) is 19.6 Å². The highest BCUT2D eigenvalue weighted by Crippen LogP contribution is 2.42. The number of nitrogens with zero attached hydrogens (tertiary/aromatic N) is 4. The van der Waals surface area contributed by atoms with Crippen LogP contribution in [0.25, 0.3) is 5.69 Å². The summed E-state index contributed by atoms with van der Waals surface area (Å²) in [6, 6.07) is 17.4. The molecule has 0 N–H and O–H groups in total. The Kier molecular flexibility index (Phi) is 8.30. The lowest BCUT2D eigenvalue weighted by Crippen LogP contribution is -2.35. The quantitative estimate of drug-likeness (QED) is 0.239. The number of hydrogen-bond donors (Lipinski definition) is 0. The molecule has 3 heterocycles. The molecule has 45 heavy (non-hydrogen) atoms. The van der Waals surface area contributed by atoms with E-state index in [1.54, 1.807) is 41.1 Å². The summed E-state index contributed by atoms with van der Waals surface area (Å²) in [6.45, 7) is 0.971. The van der Waals surface area contributed by atoms with Gasteiger partial charge in [0.1, 0.15) is 11.6 Å². The predicted molar refractivity (Wildman–Crippen MR) is 160 cm³/mol. The number of carbonyl (C=O) groups excluding carboxylic acids is 1. The van der Waals surface area contributed by atoms with Crippen LogP contribution in [0.15, 0.2) is 83.9 Å². The van der Waals surface area contributed by atoms with Gasteiger partial charge >= 0.3 is 0 Å². The summed E-state index contributed by atoms with van der Waals surface area (Å²) in [4.78, 5) is 17.5. The number of aromatic nitrogens is 2. The molecule has 4 aromatic rings. The minimum absolute atomic E-state index is 0.128. The van der Waals surface area contributed by atoms with Crippen LogP contribution in [0.3, 0.4) is 0 Å². The van der Waals surface area contributed by atoms with E-state index in [0.29, 0.717) is 43.9 Å². The second kappa shape index (κ2) is 12.1. The third-order valence-electron chi connectivity index (χ3n) is 8.71. The number of piperidine rings is 1. The Morgan fingerprint density at radius 2 is 1.51 bits per heavy atom. The summed E-state index contributed by atoms with van der Waals surface area (Å²) in [7, 11) is -3.29. The van der Waals surface area contributed by atoms with E-state index in [2.05, 4.69) is 10.00 Å². The van der Waals surface area contributed by atoms with Gasteiger partial charge in [0.25, 0.3) is 11.8 Å². The van der Waals surface area contributed by atoms with Crippen LogP contribution in [0.4, 0.5) is 17.6 Å². The number of amides is 1. The first kappa shape index (κ1) is 31.0. The van der Waals surface area contributed by atoms with E-state index in [4.69, 9.17) is 0 Å². The number of carbonyl (C=O) groups is 1. The second-order valence-electron chi connectivity index (χ2n) is 11.8. The highest BCUT2D eigenvalue weighted by molar-refractivity contribution is 7.90. The monoisotopic (exact) mass is 640 g/mol. The van der Waals surface area contributed by atoms with Gasteiger partial charge in [0.2, 0.25) is 0 Å². The number of sulfone groups is 1. The van der Waals surface area contributed by atoms with Crippen LogP contribution in [0.2, 0.25) is 0 Å². The third kappa shape index (κ3) is 6.53. The lowest BCUT2D eigenvalue weighted by molar-refractivity contribution is -0.00245. The summed E-state index contributed by atoms with van der Waals surface area (Å²) in [5.74, 6) is -6.11. The number of benzene rings is 3. The Labute approximate surface area is 259 Å². The fourth-order valence-corrected chi connectivity index (χ4v) is 6.95. The molecule has 0 bridgehead atoms. The summed E-state index contributed by atoms with van der Waals surface area (Å²) < 4.78 is 82.8. The lowest BCUT2D eigenvalue weighted by atomic mass is 9.90. The number of rotatable bonds is 7. The van der Waals surface area contributed by atoms with Gasteiger partial charge in [-0.15, -0.1) is 0 Å². The summed E-state index contributed by atoms with van der Waals surface area (Å²) >= 11 is 0. The molecule has 0 saturated carbocycles. The normalized spacial score (nSPS) is 19.2. The molecular formula is C33H32F4N4O3S. The molecule has 236 valence electrons. The maximum Gasteiger partial charge on any atom is 0.273 e. The van der Waals surface area contributed by atoms with Crippen molar-refractivity contribution in [1.29, 1.82) is 0 Å². The lowest BCUT2D eigenvalue weighted by Gasteiger charge is -2.33. The van der Waals surface area contributed by atoms with E-state index in [1.807, 2.05) is 0 Å². The fourth-order valence-electron chi connectivity index (χ4n) is 6.32. The maximum absolute atomic E-state index is 15.2. The molecule has 2 aliphatic heterocycles. The number of likely N-dealkylation sites (tertiary alicyclic amines) is 2. The Morgan fingerprint density at radius 1 is 0.911 bits per heavy atom. The first-order chi connectivity index (χ1) is 21.4. The van der Waals surface area contributed by atoms with Gasteiger partial charge in [-0.1, -0.05) is 24.3 Å². The van der Waals surface area contributed by atoms with Gasteiger partial charge in [0.15, 0.2) is 9.84 Å². The molecule has 12 heteroatoms. The van der Waals surface area contributed by atoms with Crippen molar-refractivity contribution >= 4 is 15.7 Å². The Balaban J connectivity index is 1.24. The summed E-state index contributed by atoms with van der Waals surface area (Å²) in [5.41, 5.74) is 2.60. The molecule has 0 radical (unpaired) electrons. The minimum Gasteiger partial charge on any atom is -0.332 e. The largest absolute Gasteiger partial charge is 0.332 e. The SMILES string of the molecule is CS(=O)(=O)c1ccc(CN2CCC(c3c(C(=O)N4C[C@@H](c5ccc(F)cc5)C(F)(F)C4)cnn3-c3ccc(F)cc3)CC2)cc1. The average Bonchev–Trinajstić information content (AvgIpc) is 3.59. The van der Waals surface area contributed by atoms with Crippen molar-refractivity contribution in [2.24, 2.45) is 0 Å². The number of alkyl halides is 2. The van der Waals surface area contributed by atoms with E-state index in [9.17, 15) is 22.0 Å². The van der Waals surface area contributed by atoms with E-state index in [0.717, 1.165) is 22.6 Å². The van der Waals surface area contributed by atoms with Crippen LogP contribution in [0, 0.1) is 11.6 Å². The van der Waals surface area contributed by atoms with Crippen LogP contribution in [-0.2, 0) is 16.4 Å². The van der Waals surface area contributed by atoms with Crippen LogP contribution in [0.5, 0.6) is 0 Å². The van der Waals surface area contributed by atoms with Crippen molar-refractivity contribution in [2.45, 2.75) is 42.0 Å². The van der Waals surface area contributed by atoms with Gasteiger partial charge in [0.05, 0.1) is 40.5 Å². The van der Waals surface area contributed by atoms with Crippen molar-refractivity contribution in [3.63, 3.8) is 0 Å². The standard InChI is InChI=1S/C33H32F4N4O3S/c1-45(43,44)28-12-2-22(3-13-28)19-39-16-14-24(15-17-39)31-29(18-38-41(31)27-10-8-26(35)9-11-27)32(42)40-20-30(33(36,37)21-40)23-4-6-25(34)7-5-23/h2-13,18,24,30H,14-17,19-21H2,1H3/t30-/m0/s1. The van der Waals surface area contributed by atoms with Crippen molar-refractivity contribution in [2.75, 3.05) is 32.4 Å². The van der Waals surface area contributed by atoms with E-state index < -0.39 is 45.8 Å². The Hall–Kier alpha value is -4.03. The minimum atomic E-state index is -3.29. The molecule has 1 amide bonds. The fraction of sp³-hybridized carbons (Fsp3) is 0.333. The summed E-state index contributed by atoms with van der Waals surface area (Å²) in [6.07, 6.45) is 3.88. The first-order valence-electron chi connectivity index (χ1n) is 14.7. The van der Waals surface area contributed by atoms with Crippen LogP contribution in [0.1, 0.15) is 51.9 Å². The van der Waals surface area contributed by atoms with E-state index in [1.165, 1.54) is 36.7 Å². The van der Waals surface area contributed by atoms with E-state index >= 15 is 8.78 Å². The van der Waals surface area contributed by atoms with Crippen molar-refractivity contribution < 1.29 is 30.8 Å². The van der Waals surface area contributed by atoms with Gasteiger partial charge in [-0.05, 0) is 85.6 Å². The Bertz CT molecular complexity index is 1790. The summed E-state index contributed by atoms with van der Waals surface area (Å²) in [5, 5.41) is 4.48. The highest BCUT2D eigenvalue weighted by Gasteiger charge is 2.50. The van der Waals surface area contributed by atoms with Gasteiger partial charge in [-0.2, -0.15) is 5.10 Å². The third-order valence-corrected chi connectivity index (χ3v) is 9.84. The molecule has 2 aliphatic rings. The molecule has 0 aliphatic carbocycles. The second-order valence-corrected chi connectivity index (χ2v) is 13.9. The van der Waals surface area contributed by atoms with Crippen LogP contribution >= 0.6 is 0 Å². The maximum atomic E-state index is 15.2. The van der Waals surface area contributed by atoms with Gasteiger partial charge in [-0.3, -0.25) is 9.69 Å². The average molecular weight is 641 g/mol. The van der Waals surface area contributed by atoms with Crippen molar-refractivity contribution in [3.8, 4) is 5.69 Å². The first-order valence-corrected chi connectivity index (χ1v) is 16.6. The molecule has 1 atom stereocenters. The smallest absolute Gasteiger partial charge is 0.273 e. The molecular weight excluding hydrogens is 608 g/mol. The molecule has 1 aromatic heterocycles. The van der Waals surface area contributed by atoms with E-state index in [-0.39, 0.29) is 28.5 Å². The highest BCUT2D eigenvalue weighted by atomic mass is 32.2. The van der Waals surface area contributed by atoms with Crippen molar-refractivity contribution in [3.05, 3.63) is 113 Å². The molecule has 2 fully saturated rings. The molecule has 3 aromatic carbocycles. The molecule has 0 spiro atoms. The van der Waals surface area contributed by atoms with Gasteiger partial charge in [0, 0.05) is 25.3 Å². The van der Waals surface area contributed by atoms with Crippen LogP contribution in [-0.4, -0.2) is 72.3 Å². The molecule has 2 saturated heterocycles. The number of hydrogen-bond acceptors (Lipinski definition) is 5. The zero-order valence-electron chi connectivity index (χ0n) is 24.5. The Morgan fingerprint density at radius 3 is 2.11 bits per heavy atom. The zero-order valence-corrected chi connectivity index (χ0v) is 25.4. The van der Waals surface area contributed by atoms with Gasteiger partial charge in [-0.25, -0.2) is 30.7 Å². The molecule has 7 nitrogen and oxygen atoms in total. The number of halogens is 4. The molecule has 0 unspecified atom stereocenters. The zero-order chi connectivity index (χ0) is 31.9. The predicted octanol–water partition coefficient (Wildman–Crippen LogP) is 5.81. The van der Waals surface area contributed by atoms with Crippen LogP contribution < -0.4 is 0 Å².